The second kappa shape index (κ2) is 5.35. The number of nitrogens with one attached hydrogen (secondary N) is 1. The van der Waals surface area contributed by atoms with E-state index in [2.05, 4.69) is 10.1 Å². The van der Waals surface area contributed by atoms with Crippen LogP contribution in [-0.2, 0) is 14.3 Å². The molecule has 0 amide bonds. The number of rotatable bonds is 4. The predicted octanol–water partition coefficient (Wildman–Crippen LogP) is 0.242. The van der Waals surface area contributed by atoms with E-state index in [-0.39, 0.29) is 18.0 Å². The van der Waals surface area contributed by atoms with Crippen molar-refractivity contribution in [1.82, 2.24) is 5.32 Å². The van der Waals surface area contributed by atoms with Gasteiger partial charge in [0, 0.05) is 13.2 Å². The normalized spacial score (nSPS) is 10.8. The van der Waals surface area contributed by atoms with Crippen LogP contribution < -0.4 is 5.32 Å². The molecule has 0 atom stereocenters. The van der Waals surface area contributed by atoms with E-state index in [1.54, 1.807) is 14.0 Å². The van der Waals surface area contributed by atoms with E-state index in [1.807, 2.05) is 0 Å². The van der Waals surface area contributed by atoms with Gasteiger partial charge in [0.2, 0.25) is 0 Å². The van der Waals surface area contributed by atoms with E-state index >= 15 is 0 Å². The quantitative estimate of drug-likeness (QED) is 0.285. The monoisotopic (exact) mass is 171 g/mol. The number of esters is 1. The fraction of sp³-hybridized carbons (Fsp3) is 0.500. The molecule has 12 heavy (non-hydrogen) atoms. The van der Waals surface area contributed by atoms with Gasteiger partial charge in [0.25, 0.3) is 0 Å². The average Bonchev–Trinajstić information content (AvgIpc) is 1.99. The maximum absolute atomic E-state index is 11.0. The van der Waals surface area contributed by atoms with Crippen molar-refractivity contribution < 1.29 is 14.3 Å². The molecule has 0 aliphatic rings. The van der Waals surface area contributed by atoms with Crippen molar-refractivity contribution in [2.45, 2.75) is 13.8 Å². The van der Waals surface area contributed by atoms with Gasteiger partial charge in [-0.15, -0.1) is 0 Å². The van der Waals surface area contributed by atoms with Crippen molar-refractivity contribution in [2.24, 2.45) is 0 Å². The van der Waals surface area contributed by atoms with Gasteiger partial charge in [0.15, 0.2) is 5.78 Å². The third-order valence-electron chi connectivity index (χ3n) is 1.16. The fourth-order valence-electron chi connectivity index (χ4n) is 0.657. The Morgan fingerprint density at radius 2 is 2.08 bits per heavy atom. The first-order chi connectivity index (χ1) is 5.63. The Kier molecular flexibility index (Phi) is 4.76. The molecule has 0 rings (SSSR count). The number of carbonyl (C=O) groups excluding carboxylic acids is 2. The number of carbonyl (C=O) groups is 2. The van der Waals surface area contributed by atoms with Gasteiger partial charge in [0.05, 0.1) is 6.61 Å². The summed E-state index contributed by atoms with van der Waals surface area (Å²) in [6.45, 7) is 3.28. The highest BCUT2D eigenvalue weighted by atomic mass is 16.5. The molecule has 0 aromatic rings. The lowest BCUT2D eigenvalue weighted by atomic mass is 10.2. The average molecular weight is 171 g/mol. The maximum atomic E-state index is 11.0. The summed E-state index contributed by atoms with van der Waals surface area (Å²) in [6.07, 6.45) is 1.33. The second-order valence-corrected chi connectivity index (χ2v) is 2.12. The largest absolute Gasteiger partial charge is 0.462 e. The number of hydrogen-bond acceptors (Lipinski definition) is 4. The summed E-state index contributed by atoms with van der Waals surface area (Å²) in [5, 5.41) is 2.60. The molecule has 0 radical (unpaired) electrons. The van der Waals surface area contributed by atoms with Crippen molar-refractivity contribution in [3.8, 4) is 0 Å². The minimum atomic E-state index is -0.584. The Morgan fingerprint density at radius 1 is 1.50 bits per heavy atom. The number of ketones is 1. The highest BCUT2D eigenvalue weighted by molar-refractivity contribution is 6.16. The SMILES string of the molecule is CCOC(=O)C(=CNC)C(C)=O. The Hall–Kier alpha value is -1.32. The minimum absolute atomic E-state index is 0.0411. The van der Waals surface area contributed by atoms with Crippen LogP contribution in [0.3, 0.4) is 0 Å². The summed E-state index contributed by atoms with van der Waals surface area (Å²) >= 11 is 0. The molecule has 68 valence electrons. The summed E-state index contributed by atoms with van der Waals surface area (Å²) in [7, 11) is 1.61. The highest BCUT2D eigenvalue weighted by Gasteiger charge is 2.14. The number of ether oxygens (including phenoxy) is 1. The molecule has 0 heterocycles. The van der Waals surface area contributed by atoms with E-state index in [9.17, 15) is 9.59 Å². The van der Waals surface area contributed by atoms with Crippen LogP contribution in [0.1, 0.15) is 13.8 Å². The Balaban J connectivity index is 4.41. The molecule has 4 heteroatoms. The van der Waals surface area contributed by atoms with E-state index < -0.39 is 5.97 Å². The van der Waals surface area contributed by atoms with Crippen LogP contribution in [0.2, 0.25) is 0 Å². The standard InChI is InChI=1S/C8H13NO3/c1-4-12-8(11)7(5-9-3)6(2)10/h5,9H,4H2,1-3H3. The molecular weight excluding hydrogens is 158 g/mol. The van der Waals surface area contributed by atoms with Gasteiger partial charge >= 0.3 is 5.97 Å². The van der Waals surface area contributed by atoms with Gasteiger partial charge in [-0.25, -0.2) is 4.79 Å². The first kappa shape index (κ1) is 10.7. The van der Waals surface area contributed by atoms with Gasteiger partial charge < -0.3 is 10.1 Å². The van der Waals surface area contributed by atoms with Gasteiger partial charge in [0.1, 0.15) is 5.57 Å². The molecule has 0 aliphatic carbocycles. The third-order valence-corrected chi connectivity index (χ3v) is 1.16. The summed E-state index contributed by atoms with van der Waals surface area (Å²) in [5.41, 5.74) is 0.0411. The maximum Gasteiger partial charge on any atom is 0.343 e. The Labute approximate surface area is 71.6 Å². The summed E-state index contributed by atoms with van der Waals surface area (Å²) in [5.74, 6) is -0.887. The Morgan fingerprint density at radius 3 is 2.42 bits per heavy atom. The summed E-state index contributed by atoms with van der Waals surface area (Å²) in [4.78, 5) is 21.9. The molecule has 0 aliphatic heterocycles. The molecule has 0 aromatic carbocycles. The molecule has 0 unspecified atom stereocenters. The van der Waals surface area contributed by atoms with E-state index in [0.717, 1.165) is 0 Å². The lowest BCUT2D eigenvalue weighted by Gasteiger charge is -2.02. The fourth-order valence-corrected chi connectivity index (χ4v) is 0.657. The predicted molar refractivity (Wildman–Crippen MR) is 44.5 cm³/mol. The van der Waals surface area contributed by atoms with Gasteiger partial charge in [-0.2, -0.15) is 0 Å². The van der Waals surface area contributed by atoms with E-state index in [1.165, 1.54) is 13.1 Å². The second-order valence-electron chi connectivity index (χ2n) is 2.12. The molecule has 4 nitrogen and oxygen atoms in total. The van der Waals surface area contributed by atoms with Crippen LogP contribution in [0.25, 0.3) is 0 Å². The number of Topliss-reactive ketones (excluding diaryl/α,β-unsaturated/α-hetero) is 1. The molecular formula is C8H13NO3. The molecule has 0 spiro atoms. The molecule has 0 saturated heterocycles. The Bertz CT molecular complexity index is 208. The molecule has 0 saturated carbocycles. The minimum Gasteiger partial charge on any atom is -0.462 e. The summed E-state index contributed by atoms with van der Waals surface area (Å²) in [6, 6.07) is 0. The van der Waals surface area contributed by atoms with Crippen molar-refractivity contribution in [3.63, 3.8) is 0 Å². The van der Waals surface area contributed by atoms with E-state index in [4.69, 9.17) is 0 Å². The van der Waals surface area contributed by atoms with Crippen molar-refractivity contribution >= 4 is 11.8 Å². The van der Waals surface area contributed by atoms with Crippen molar-refractivity contribution in [2.75, 3.05) is 13.7 Å². The lowest BCUT2D eigenvalue weighted by Crippen LogP contribution is -2.16. The first-order valence-electron chi connectivity index (χ1n) is 3.69. The van der Waals surface area contributed by atoms with Gasteiger partial charge in [-0.1, -0.05) is 0 Å². The summed E-state index contributed by atoms with van der Waals surface area (Å²) < 4.78 is 4.65. The third kappa shape index (κ3) is 3.18. The zero-order chi connectivity index (χ0) is 9.56. The van der Waals surface area contributed by atoms with Crippen molar-refractivity contribution in [3.05, 3.63) is 11.8 Å². The van der Waals surface area contributed by atoms with Gasteiger partial charge in [-0.05, 0) is 13.8 Å². The smallest absolute Gasteiger partial charge is 0.343 e. The first-order valence-corrected chi connectivity index (χ1v) is 3.69. The zero-order valence-electron chi connectivity index (χ0n) is 7.51. The highest BCUT2D eigenvalue weighted by Crippen LogP contribution is 1.97. The van der Waals surface area contributed by atoms with Gasteiger partial charge in [-0.3, -0.25) is 4.79 Å². The van der Waals surface area contributed by atoms with Crippen molar-refractivity contribution in [1.29, 1.82) is 0 Å². The lowest BCUT2D eigenvalue weighted by molar-refractivity contribution is -0.139. The topological polar surface area (TPSA) is 55.4 Å². The van der Waals surface area contributed by atoms with Crippen LogP contribution in [-0.4, -0.2) is 25.4 Å². The zero-order valence-corrected chi connectivity index (χ0v) is 7.51. The van der Waals surface area contributed by atoms with Crippen LogP contribution in [0.4, 0.5) is 0 Å². The van der Waals surface area contributed by atoms with Crippen LogP contribution in [0.5, 0.6) is 0 Å². The van der Waals surface area contributed by atoms with Crippen LogP contribution >= 0.6 is 0 Å². The molecule has 0 fully saturated rings. The molecule has 1 N–H and O–H groups in total. The number of hydrogen-bond donors (Lipinski definition) is 1. The van der Waals surface area contributed by atoms with Crippen LogP contribution in [0, 0.1) is 0 Å². The molecule has 0 bridgehead atoms. The molecule has 0 aromatic heterocycles. The van der Waals surface area contributed by atoms with Crippen LogP contribution in [0.15, 0.2) is 11.8 Å². The van der Waals surface area contributed by atoms with E-state index in [0.29, 0.717) is 0 Å².